The molecular formula is C17H18O3. The quantitative estimate of drug-likeness (QED) is 0.827. The van der Waals surface area contributed by atoms with Crippen LogP contribution in [0, 0.1) is 0 Å². The molecule has 2 aromatic rings. The second-order valence-corrected chi connectivity index (χ2v) is 4.31. The zero-order valence-corrected chi connectivity index (χ0v) is 12.0. The first-order valence-corrected chi connectivity index (χ1v) is 6.24. The van der Waals surface area contributed by atoms with Crippen molar-refractivity contribution in [1.29, 1.82) is 0 Å². The van der Waals surface area contributed by atoms with Crippen LogP contribution in [0.3, 0.4) is 0 Å². The van der Waals surface area contributed by atoms with Gasteiger partial charge in [-0.05, 0) is 41.0 Å². The van der Waals surface area contributed by atoms with Crippen LogP contribution in [0.4, 0.5) is 0 Å². The molecule has 0 atom stereocenters. The molecule has 0 fully saturated rings. The Balaban J connectivity index is 2.36. The summed E-state index contributed by atoms with van der Waals surface area (Å²) >= 11 is 0. The highest BCUT2D eigenvalue weighted by molar-refractivity contribution is 5.79. The van der Waals surface area contributed by atoms with Gasteiger partial charge in [0.1, 0.15) is 17.2 Å². The summed E-state index contributed by atoms with van der Waals surface area (Å²) in [5, 5.41) is 0. The smallest absolute Gasteiger partial charge is 0.123 e. The first-order valence-electron chi connectivity index (χ1n) is 6.24. The molecule has 0 heterocycles. The van der Waals surface area contributed by atoms with Crippen LogP contribution >= 0.6 is 0 Å². The summed E-state index contributed by atoms with van der Waals surface area (Å²) in [4.78, 5) is 0. The summed E-state index contributed by atoms with van der Waals surface area (Å²) in [6.45, 7) is 4.15. The van der Waals surface area contributed by atoms with E-state index in [0.717, 1.165) is 33.9 Å². The van der Waals surface area contributed by atoms with Gasteiger partial charge in [-0.2, -0.15) is 0 Å². The van der Waals surface area contributed by atoms with Crippen LogP contribution in [0.1, 0.15) is 11.1 Å². The normalized spacial score (nSPS) is 9.95. The molecule has 0 spiro atoms. The summed E-state index contributed by atoms with van der Waals surface area (Å²) in [6, 6.07) is 13.5. The van der Waals surface area contributed by atoms with Gasteiger partial charge in [0.05, 0.1) is 21.3 Å². The third-order valence-electron chi connectivity index (χ3n) is 3.14. The summed E-state index contributed by atoms with van der Waals surface area (Å²) in [6.07, 6.45) is 0. The van der Waals surface area contributed by atoms with Gasteiger partial charge in [0.15, 0.2) is 0 Å². The highest BCUT2D eigenvalue weighted by Crippen LogP contribution is 2.30. The molecule has 2 rings (SSSR count). The Morgan fingerprint density at radius 2 is 1.20 bits per heavy atom. The minimum Gasteiger partial charge on any atom is -0.497 e. The second-order valence-electron chi connectivity index (χ2n) is 4.31. The Morgan fingerprint density at radius 1 is 0.700 bits per heavy atom. The maximum atomic E-state index is 5.28. The number of benzene rings is 2. The van der Waals surface area contributed by atoms with Crippen molar-refractivity contribution in [2.45, 2.75) is 0 Å². The van der Waals surface area contributed by atoms with Crippen molar-refractivity contribution in [1.82, 2.24) is 0 Å². The molecular weight excluding hydrogens is 252 g/mol. The summed E-state index contributed by atoms with van der Waals surface area (Å²) in [5.74, 6) is 2.31. The molecule has 0 aliphatic rings. The van der Waals surface area contributed by atoms with E-state index < -0.39 is 0 Å². The Bertz CT molecular complexity index is 578. The minimum absolute atomic E-state index is 0.744. The molecule has 0 aromatic heterocycles. The van der Waals surface area contributed by atoms with Crippen molar-refractivity contribution < 1.29 is 14.2 Å². The topological polar surface area (TPSA) is 27.7 Å². The molecule has 0 saturated carbocycles. The van der Waals surface area contributed by atoms with Gasteiger partial charge in [0.2, 0.25) is 0 Å². The first kappa shape index (κ1) is 14.0. The standard InChI is InChI=1S/C17H18O3/c1-12(13-5-7-15(18-2)8-6-13)14-9-16(19-3)11-17(10-14)20-4/h5-11H,1H2,2-4H3. The molecule has 3 nitrogen and oxygen atoms in total. The van der Waals surface area contributed by atoms with Crippen molar-refractivity contribution in [3.63, 3.8) is 0 Å². The van der Waals surface area contributed by atoms with Crippen LogP contribution in [-0.4, -0.2) is 21.3 Å². The fourth-order valence-corrected chi connectivity index (χ4v) is 1.94. The number of methoxy groups -OCH3 is 3. The van der Waals surface area contributed by atoms with Gasteiger partial charge >= 0.3 is 0 Å². The molecule has 0 bridgehead atoms. The molecule has 3 heteroatoms. The largest absolute Gasteiger partial charge is 0.497 e. The van der Waals surface area contributed by atoms with Crippen molar-refractivity contribution in [3.8, 4) is 17.2 Å². The number of hydrogen-bond donors (Lipinski definition) is 0. The van der Waals surface area contributed by atoms with Crippen LogP contribution in [0.25, 0.3) is 5.57 Å². The zero-order valence-electron chi connectivity index (χ0n) is 12.0. The average Bonchev–Trinajstić information content (AvgIpc) is 2.53. The molecule has 20 heavy (non-hydrogen) atoms. The third-order valence-corrected chi connectivity index (χ3v) is 3.14. The van der Waals surface area contributed by atoms with E-state index in [1.165, 1.54) is 0 Å². The third kappa shape index (κ3) is 2.94. The van der Waals surface area contributed by atoms with Gasteiger partial charge in [-0.1, -0.05) is 18.7 Å². The van der Waals surface area contributed by atoms with Crippen molar-refractivity contribution in [2.24, 2.45) is 0 Å². The van der Waals surface area contributed by atoms with Gasteiger partial charge in [-0.15, -0.1) is 0 Å². The van der Waals surface area contributed by atoms with Gasteiger partial charge < -0.3 is 14.2 Å². The lowest BCUT2D eigenvalue weighted by atomic mass is 9.99. The molecule has 0 aliphatic heterocycles. The van der Waals surface area contributed by atoms with E-state index in [0.29, 0.717) is 0 Å². The fraction of sp³-hybridized carbons (Fsp3) is 0.176. The molecule has 0 radical (unpaired) electrons. The summed E-state index contributed by atoms with van der Waals surface area (Å²) in [7, 11) is 4.92. The number of hydrogen-bond acceptors (Lipinski definition) is 3. The first-order chi connectivity index (χ1) is 9.67. The summed E-state index contributed by atoms with van der Waals surface area (Å²) < 4.78 is 15.7. The van der Waals surface area contributed by atoms with E-state index in [1.54, 1.807) is 21.3 Å². The molecule has 0 aliphatic carbocycles. The van der Waals surface area contributed by atoms with Gasteiger partial charge in [0.25, 0.3) is 0 Å². The SMILES string of the molecule is C=C(c1ccc(OC)cc1)c1cc(OC)cc(OC)c1. The van der Waals surface area contributed by atoms with E-state index in [9.17, 15) is 0 Å². The Kier molecular flexibility index (Phi) is 4.31. The number of rotatable bonds is 5. The Morgan fingerprint density at radius 3 is 1.65 bits per heavy atom. The molecule has 104 valence electrons. The lowest BCUT2D eigenvalue weighted by molar-refractivity contribution is 0.394. The van der Waals surface area contributed by atoms with Crippen LogP contribution in [0.5, 0.6) is 17.2 Å². The van der Waals surface area contributed by atoms with E-state index in [-0.39, 0.29) is 0 Å². The van der Waals surface area contributed by atoms with Gasteiger partial charge in [-0.25, -0.2) is 0 Å². The summed E-state index contributed by atoms with van der Waals surface area (Å²) in [5.41, 5.74) is 2.90. The predicted octanol–water partition coefficient (Wildman–Crippen LogP) is 3.77. The maximum absolute atomic E-state index is 5.28. The average molecular weight is 270 g/mol. The molecule has 0 N–H and O–H groups in total. The van der Waals surface area contributed by atoms with E-state index in [2.05, 4.69) is 6.58 Å². The van der Waals surface area contributed by atoms with Crippen molar-refractivity contribution in [3.05, 3.63) is 60.2 Å². The maximum Gasteiger partial charge on any atom is 0.123 e. The van der Waals surface area contributed by atoms with Crippen LogP contribution in [0.2, 0.25) is 0 Å². The number of ether oxygens (including phenoxy) is 3. The highest BCUT2D eigenvalue weighted by atomic mass is 16.5. The fourth-order valence-electron chi connectivity index (χ4n) is 1.94. The second kappa shape index (κ2) is 6.15. The monoisotopic (exact) mass is 270 g/mol. The van der Waals surface area contributed by atoms with Crippen LogP contribution < -0.4 is 14.2 Å². The van der Waals surface area contributed by atoms with E-state index in [4.69, 9.17) is 14.2 Å². The molecule has 0 saturated heterocycles. The molecule has 0 amide bonds. The van der Waals surface area contributed by atoms with Gasteiger partial charge in [0, 0.05) is 6.07 Å². The lowest BCUT2D eigenvalue weighted by Crippen LogP contribution is -1.92. The van der Waals surface area contributed by atoms with Crippen molar-refractivity contribution >= 4 is 5.57 Å². The van der Waals surface area contributed by atoms with Gasteiger partial charge in [-0.3, -0.25) is 0 Å². The molecule has 0 unspecified atom stereocenters. The predicted molar refractivity (Wildman–Crippen MR) is 80.7 cm³/mol. The van der Waals surface area contributed by atoms with E-state index in [1.807, 2.05) is 42.5 Å². The van der Waals surface area contributed by atoms with Crippen LogP contribution in [-0.2, 0) is 0 Å². The molecule has 2 aromatic carbocycles. The van der Waals surface area contributed by atoms with E-state index >= 15 is 0 Å². The van der Waals surface area contributed by atoms with Crippen LogP contribution in [0.15, 0.2) is 49.0 Å². The van der Waals surface area contributed by atoms with Crippen molar-refractivity contribution in [2.75, 3.05) is 21.3 Å². The highest BCUT2D eigenvalue weighted by Gasteiger charge is 2.07. The lowest BCUT2D eigenvalue weighted by Gasteiger charge is -2.11. The zero-order chi connectivity index (χ0) is 14.5. The Hall–Kier alpha value is -2.42. The Labute approximate surface area is 119 Å². The minimum atomic E-state index is 0.744.